The van der Waals surface area contributed by atoms with Gasteiger partial charge < -0.3 is 14.2 Å². The summed E-state index contributed by atoms with van der Waals surface area (Å²) in [6, 6.07) is 8.64. The molecule has 0 aliphatic carbocycles. The van der Waals surface area contributed by atoms with E-state index in [0.29, 0.717) is 29.5 Å². The molecule has 2 aliphatic heterocycles. The molecule has 2 aromatic rings. The molecule has 7 nitrogen and oxygen atoms in total. The lowest BCUT2D eigenvalue weighted by molar-refractivity contribution is 0.110. The first-order chi connectivity index (χ1) is 15.4. The molecule has 32 heavy (non-hydrogen) atoms. The molecule has 0 bridgehead atoms. The summed E-state index contributed by atoms with van der Waals surface area (Å²) in [5.41, 5.74) is 5.27. The minimum Gasteiger partial charge on any atom is -0.373 e. The Bertz CT molecular complexity index is 1070. The molecular weight excluding hydrogens is 470 g/mol. The van der Waals surface area contributed by atoms with Crippen molar-refractivity contribution in [2.24, 2.45) is 5.10 Å². The second-order valence-corrected chi connectivity index (χ2v) is 9.15. The fourth-order valence-electron chi connectivity index (χ4n) is 3.97. The highest BCUT2D eigenvalue weighted by atomic mass is 79.9. The summed E-state index contributed by atoms with van der Waals surface area (Å²) in [6.07, 6.45) is 3.63. The molecular formula is C24H28BrN5O2. The van der Waals surface area contributed by atoms with Crippen LogP contribution in [-0.2, 0) is 17.7 Å². The fourth-order valence-corrected chi connectivity index (χ4v) is 4.24. The summed E-state index contributed by atoms with van der Waals surface area (Å²) >= 11 is 3.40. The van der Waals surface area contributed by atoms with Gasteiger partial charge in [-0.3, -0.25) is 0 Å². The maximum absolute atomic E-state index is 6.04. The van der Waals surface area contributed by atoms with E-state index in [-0.39, 0.29) is 12.0 Å². The molecule has 3 heterocycles. The van der Waals surface area contributed by atoms with Crippen molar-refractivity contribution in [3.8, 4) is 0 Å². The zero-order chi connectivity index (χ0) is 22.8. The van der Waals surface area contributed by atoms with Crippen molar-refractivity contribution in [1.29, 1.82) is 0 Å². The maximum atomic E-state index is 6.04. The lowest BCUT2D eigenvalue weighted by Gasteiger charge is -2.33. The number of nitrogens with zero attached hydrogens (tertiary/aromatic N) is 5. The summed E-state index contributed by atoms with van der Waals surface area (Å²) in [5.74, 6) is 1.31. The van der Waals surface area contributed by atoms with E-state index in [9.17, 15) is 0 Å². The predicted molar refractivity (Wildman–Crippen MR) is 128 cm³/mol. The van der Waals surface area contributed by atoms with Gasteiger partial charge in [0.25, 0.3) is 0 Å². The van der Waals surface area contributed by atoms with E-state index in [2.05, 4.69) is 75.5 Å². The van der Waals surface area contributed by atoms with E-state index in [0.717, 1.165) is 29.8 Å². The highest BCUT2D eigenvalue weighted by Crippen LogP contribution is 2.37. The van der Waals surface area contributed by atoms with Gasteiger partial charge in [0.2, 0.25) is 5.89 Å². The third kappa shape index (κ3) is 4.56. The van der Waals surface area contributed by atoms with Crippen LogP contribution in [0, 0.1) is 0 Å². The summed E-state index contributed by atoms with van der Waals surface area (Å²) in [4.78, 5) is 6.54. The van der Waals surface area contributed by atoms with Crippen molar-refractivity contribution >= 4 is 22.3 Å². The SMILES string of the molecule is C=C1C(=C(C)C)N(C(=C)Br)N=CN1Cc1nc([C@@H]2CO[C@@H](c3ccc(CC)cc3)C2)no1. The van der Waals surface area contributed by atoms with Crippen LogP contribution in [0.2, 0.25) is 0 Å². The average molecular weight is 498 g/mol. The Labute approximate surface area is 197 Å². The zero-order valence-electron chi connectivity index (χ0n) is 18.7. The molecule has 0 unspecified atom stereocenters. The Kier molecular flexibility index (Phi) is 6.62. The first-order valence-electron chi connectivity index (χ1n) is 10.7. The van der Waals surface area contributed by atoms with Crippen LogP contribution < -0.4 is 0 Å². The molecule has 4 rings (SSSR count). The minimum atomic E-state index is 0.0606. The molecule has 0 radical (unpaired) electrons. The van der Waals surface area contributed by atoms with Gasteiger partial charge in [0.15, 0.2) is 5.82 Å². The first-order valence-corrected chi connectivity index (χ1v) is 11.5. The van der Waals surface area contributed by atoms with Gasteiger partial charge in [-0.25, -0.2) is 5.01 Å². The van der Waals surface area contributed by atoms with Gasteiger partial charge in [0.05, 0.1) is 24.1 Å². The van der Waals surface area contributed by atoms with E-state index in [1.165, 1.54) is 11.1 Å². The number of aromatic nitrogens is 2. The number of halogens is 1. The van der Waals surface area contributed by atoms with Crippen LogP contribution >= 0.6 is 15.9 Å². The monoisotopic (exact) mass is 497 g/mol. The molecule has 1 saturated heterocycles. The number of hydrazone groups is 1. The highest BCUT2D eigenvalue weighted by Gasteiger charge is 2.32. The van der Waals surface area contributed by atoms with Gasteiger partial charge >= 0.3 is 0 Å². The van der Waals surface area contributed by atoms with E-state index >= 15 is 0 Å². The molecule has 0 N–H and O–H groups in total. The molecule has 0 saturated carbocycles. The summed E-state index contributed by atoms with van der Waals surface area (Å²) in [6.45, 7) is 15.3. The van der Waals surface area contributed by atoms with Gasteiger partial charge in [0, 0.05) is 5.92 Å². The third-order valence-corrected chi connectivity index (χ3v) is 6.09. The molecule has 1 aromatic carbocycles. The molecule has 0 spiro atoms. The summed E-state index contributed by atoms with van der Waals surface area (Å²) < 4.78 is 12.2. The van der Waals surface area contributed by atoms with Crippen LogP contribution in [0.5, 0.6) is 0 Å². The van der Waals surface area contributed by atoms with Crippen molar-refractivity contribution in [2.45, 2.75) is 52.2 Å². The van der Waals surface area contributed by atoms with Gasteiger partial charge in [-0.05, 0) is 59.3 Å². The van der Waals surface area contributed by atoms with Crippen LogP contribution in [0.15, 0.2) is 68.6 Å². The molecule has 8 heteroatoms. The Morgan fingerprint density at radius 1 is 1.25 bits per heavy atom. The normalized spacial score (nSPS) is 20.9. The van der Waals surface area contributed by atoms with Crippen LogP contribution in [0.25, 0.3) is 0 Å². The Morgan fingerprint density at radius 2 is 2.00 bits per heavy atom. The Morgan fingerprint density at radius 3 is 2.66 bits per heavy atom. The fraction of sp³-hybridized carbons (Fsp3) is 0.375. The van der Waals surface area contributed by atoms with E-state index in [1.807, 2.05) is 18.7 Å². The number of allylic oxidation sites excluding steroid dienone is 1. The largest absolute Gasteiger partial charge is 0.373 e. The lowest BCUT2D eigenvalue weighted by atomic mass is 9.99. The number of rotatable bonds is 6. The lowest BCUT2D eigenvalue weighted by Crippen LogP contribution is -2.33. The molecule has 1 aromatic heterocycles. The van der Waals surface area contributed by atoms with E-state index in [4.69, 9.17) is 9.26 Å². The number of hydrogen-bond acceptors (Lipinski definition) is 7. The van der Waals surface area contributed by atoms with Crippen molar-refractivity contribution < 1.29 is 9.26 Å². The second kappa shape index (κ2) is 9.42. The Balaban J connectivity index is 1.43. The van der Waals surface area contributed by atoms with Crippen molar-refractivity contribution in [1.82, 2.24) is 20.0 Å². The second-order valence-electron chi connectivity index (χ2n) is 8.24. The van der Waals surface area contributed by atoms with Crippen LogP contribution in [0.3, 0.4) is 0 Å². The number of hydrogen-bond donors (Lipinski definition) is 0. The number of ether oxygens (including phenoxy) is 1. The highest BCUT2D eigenvalue weighted by molar-refractivity contribution is 9.11. The van der Waals surface area contributed by atoms with Crippen LogP contribution in [-0.4, -0.2) is 33.0 Å². The first kappa shape index (κ1) is 22.5. The average Bonchev–Trinajstić information content (AvgIpc) is 3.44. The summed E-state index contributed by atoms with van der Waals surface area (Å²) in [5, 5.41) is 10.4. The van der Waals surface area contributed by atoms with Gasteiger partial charge in [-0.1, -0.05) is 49.5 Å². The molecule has 0 amide bonds. The minimum absolute atomic E-state index is 0.0606. The topological polar surface area (TPSA) is 67.0 Å². The molecule has 1 fully saturated rings. The standard InChI is InChI=1S/C24H28BrN5O2/c1-6-18-7-9-19(10-8-18)21-11-20(13-31-21)24-27-22(32-28-24)12-29-14-26-30(17(5)25)23(15(2)3)16(29)4/h7-10,14,20-21H,4-6,11-13H2,1-3H3/t20-,21+/m0/s1. The molecule has 168 valence electrons. The molecule has 2 atom stereocenters. The third-order valence-electron chi connectivity index (χ3n) is 5.75. The van der Waals surface area contributed by atoms with Crippen molar-refractivity contribution in [3.63, 3.8) is 0 Å². The van der Waals surface area contributed by atoms with Gasteiger partial charge in [0.1, 0.15) is 17.5 Å². The van der Waals surface area contributed by atoms with Gasteiger partial charge in [-0.15, -0.1) is 0 Å². The van der Waals surface area contributed by atoms with Crippen molar-refractivity contribution in [3.05, 3.63) is 81.8 Å². The van der Waals surface area contributed by atoms with Crippen LogP contribution in [0.4, 0.5) is 0 Å². The quantitative estimate of drug-likeness (QED) is 0.483. The number of benzene rings is 1. The maximum Gasteiger partial charge on any atom is 0.246 e. The number of aryl methyl sites for hydroxylation is 1. The van der Waals surface area contributed by atoms with E-state index < -0.39 is 0 Å². The zero-order valence-corrected chi connectivity index (χ0v) is 20.3. The predicted octanol–water partition coefficient (Wildman–Crippen LogP) is 5.61. The summed E-state index contributed by atoms with van der Waals surface area (Å²) in [7, 11) is 0. The Hall–Kier alpha value is -2.71. The molecule has 2 aliphatic rings. The smallest absolute Gasteiger partial charge is 0.246 e. The van der Waals surface area contributed by atoms with Gasteiger partial charge in [-0.2, -0.15) is 10.1 Å². The van der Waals surface area contributed by atoms with E-state index in [1.54, 1.807) is 11.3 Å². The van der Waals surface area contributed by atoms with Crippen molar-refractivity contribution in [2.75, 3.05) is 6.61 Å². The van der Waals surface area contributed by atoms with Crippen LogP contribution in [0.1, 0.15) is 62.1 Å².